The smallest absolute Gasteiger partial charge is 0.409 e. The topological polar surface area (TPSA) is 38.8 Å². The van der Waals surface area contributed by atoms with Crippen LogP contribution in [0.25, 0.3) is 0 Å². The summed E-state index contributed by atoms with van der Waals surface area (Å²) in [4.78, 5) is 12.2. The van der Waals surface area contributed by atoms with Crippen molar-refractivity contribution in [3.8, 4) is 0 Å². The number of carbonyl (C=O) groups excluding carboxylic acids is 1. The maximum absolute atomic E-state index is 10.8. The maximum Gasteiger partial charge on any atom is 0.409 e. The molecular formula is C8H15NO3. The van der Waals surface area contributed by atoms with Crippen LogP contribution >= 0.6 is 0 Å². The van der Waals surface area contributed by atoms with E-state index >= 15 is 0 Å². The zero-order chi connectivity index (χ0) is 9.40. The Balaban J connectivity index is 3.19. The second kappa shape index (κ2) is 6.67. The van der Waals surface area contributed by atoms with Crippen LogP contribution in [0, 0.1) is 0 Å². The molecule has 0 saturated carbocycles. The molecule has 0 aromatic rings. The summed E-state index contributed by atoms with van der Waals surface area (Å²) in [6.07, 6.45) is 1.30. The quantitative estimate of drug-likeness (QED) is 0.457. The summed E-state index contributed by atoms with van der Waals surface area (Å²) in [5.74, 6) is 0. The molecule has 0 aromatic heterocycles. The van der Waals surface area contributed by atoms with Crippen molar-refractivity contribution in [3.05, 3.63) is 12.7 Å². The lowest BCUT2D eigenvalue weighted by Gasteiger charge is -2.10. The van der Waals surface area contributed by atoms with Gasteiger partial charge in [0.25, 0.3) is 0 Å². The predicted octanol–water partition coefficient (Wildman–Crippen LogP) is 0.887. The van der Waals surface area contributed by atoms with Gasteiger partial charge in [0.2, 0.25) is 0 Å². The molecule has 0 fully saturated rings. The van der Waals surface area contributed by atoms with Crippen LogP contribution in [0.3, 0.4) is 0 Å². The molecule has 0 atom stereocenters. The summed E-state index contributed by atoms with van der Waals surface area (Å²) in [5, 5.41) is 0. The molecule has 0 aliphatic rings. The average molecular weight is 173 g/mol. The number of rotatable bonds is 5. The summed E-state index contributed by atoms with van der Waals surface area (Å²) >= 11 is 0. The van der Waals surface area contributed by atoms with Gasteiger partial charge >= 0.3 is 6.09 Å². The normalized spacial score (nSPS) is 9.17. The summed E-state index contributed by atoms with van der Waals surface area (Å²) in [7, 11) is 3.26. The lowest BCUT2D eigenvalue weighted by atomic mass is 10.7. The molecule has 0 rings (SSSR count). The fourth-order valence-corrected chi connectivity index (χ4v) is 0.484. The Labute approximate surface area is 72.8 Å². The van der Waals surface area contributed by atoms with Crippen molar-refractivity contribution in [2.45, 2.75) is 0 Å². The molecule has 0 radical (unpaired) electrons. The first-order valence-electron chi connectivity index (χ1n) is 3.71. The Morgan fingerprint density at radius 3 is 2.67 bits per heavy atom. The highest BCUT2D eigenvalue weighted by atomic mass is 16.6. The van der Waals surface area contributed by atoms with E-state index in [4.69, 9.17) is 9.47 Å². The lowest BCUT2D eigenvalue weighted by Crippen LogP contribution is -2.24. The largest absolute Gasteiger partial charge is 0.447 e. The number of nitrogens with zero attached hydrogens (tertiary/aromatic N) is 1. The molecule has 0 saturated heterocycles. The highest BCUT2D eigenvalue weighted by Crippen LogP contribution is 1.85. The van der Waals surface area contributed by atoms with Crippen LogP contribution in [0.1, 0.15) is 0 Å². The second-order valence-corrected chi connectivity index (χ2v) is 2.37. The summed E-state index contributed by atoms with van der Waals surface area (Å²) < 4.78 is 9.78. The van der Waals surface area contributed by atoms with Gasteiger partial charge < -0.3 is 14.4 Å². The van der Waals surface area contributed by atoms with Crippen molar-refractivity contribution in [3.63, 3.8) is 0 Å². The monoisotopic (exact) mass is 173 g/mol. The highest BCUT2D eigenvalue weighted by molar-refractivity contribution is 5.66. The van der Waals surface area contributed by atoms with E-state index in [0.717, 1.165) is 0 Å². The second-order valence-electron chi connectivity index (χ2n) is 2.37. The van der Waals surface area contributed by atoms with E-state index in [1.807, 2.05) is 0 Å². The van der Waals surface area contributed by atoms with E-state index in [2.05, 4.69) is 6.58 Å². The van der Waals surface area contributed by atoms with Crippen molar-refractivity contribution < 1.29 is 14.3 Å². The van der Waals surface area contributed by atoms with Crippen LogP contribution in [-0.2, 0) is 9.47 Å². The van der Waals surface area contributed by atoms with Crippen LogP contribution < -0.4 is 0 Å². The van der Waals surface area contributed by atoms with Crippen LogP contribution in [0.15, 0.2) is 12.7 Å². The van der Waals surface area contributed by atoms with Gasteiger partial charge in [0.05, 0.1) is 13.2 Å². The van der Waals surface area contributed by atoms with Crippen molar-refractivity contribution in [1.29, 1.82) is 0 Å². The van der Waals surface area contributed by atoms with Crippen LogP contribution in [0.2, 0.25) is 0 Å². The lowest BCUT2D eigenvalue weighted by molar-refractivity contribution is 0.0716. The van der Waals surface area contributed by atoms with Crippen molar-refractivity contribution >= 4 is 6.09 Å². The minimum Gasteiger partial charge on any atom is -0.447 e. The minimum absolute atomic E-state index is 0.283. The van der Waals surface area contributed by atoms with Gasteiger partial charge in [0, 0.05) is 14.1 Å². The van der Waals surface area contributed by atoms with Gasteiger partial charge in [-0.15, -0.1) is 6.58 Å². The fourth-order valence-electron chi connectivity index (χ4n) is 0.484. The molecule has 0 unspecified atom stereocenters. The maximum atomic E-state index is 10.8. The number of carbonyl (C=O) groups is 1. The standard InChI is InChI=1S/C8H15NO3/c1-4-5-11-6-7-12-8(10)9(2)3/h4H,1,5-7H2,2-3H3. The number of hydrogen-bond donors (Lipinski definition) is 0. The van der Waals surface area contributed by atoms with Gasteiger partial charge in [-0.05, 0) is 0 Å². The van der Waals surface area contributed by atoms with Crippen molar-refractivity contribution in [2.75, 3.05) is 33.9 Å². The number of hydrogen-bond acceptors (Lipinski definition) is 3. The number of ether oxygens (including phenoxy) is 2. The third-order valence-electron chi connectivity index (χ3n) is 1.05. The summed E-state index contributed by atoms with van der Waals surface area (Å²) in [5.41, 5.74) is 0. The van der Waals surface area contributed by atoms with Gasteiger partial charge in [-0.25, -0.2) is 4.79 Å². The molecule has 0 heterocycles. The molecule has 0 N–H and O–H groups in total. The van der Waals surface area contributed by atoms with Crippen molar-refractivity contribution in [1.82, 2.24) is 4.90 Å². The molecule has 12 heavy (non-hydrogen) atoms. The first-order chi connectivity index (χ1) is 5.68. The SMILES string of the molecule is C=CCOCCOC(=O)N(C)C. The molecule has 4 heteroatoms. The van der Waals surface area contributed by atoms with E-state index in [-0.39, 0.29) is 12.7 Å². The molecule has 4 nitrogen and oxygen atoms in total. The first kappa shape index (κ1) is 11.0. The third kappa shape index (κ3) is 5.73. The Morgan fingerprint density at radius 2 is 2.17 bits per heavy atom. The molecule has 0 aliphatic heterocycles. The van der Waals surface area contributed by atoms with Gasteiger partial charge in [-0.3, -0.25) is 0 Å². The molecule has 0 spiro atoms. The summed E-state index contributed by atoms with van der Waals surface area (Å²) in [6.45, 7) is 4.66. The van der Waals surface area contributed by atoms with E-state index in [9.17, 15) is 4.79 Å². The van der Waals surface area contributed by atoms with E-state index in [1.54, 1.807) is 20.2 Å². The van der Waals surface area contributed by atoms with Gasteiger partial charge in [-0.1, -0.05) is 6.08 Å². The number of amides is 1. The molecule has 0 aromatic carbocycles. The molecule has 0 aliphatic carbocycles. The molecule has 70 valence electrons. The van der Waals surface area contributed by atoms with Crippen molar-refractivity contribution in [2.24, 2.45) is 0 Å². The highest BCUT2D eigenvalue weighted by Gasteiger charge is 2.02. The Kier molecular flexibility index (Phi) is 6.09. The molecule has 1 amide bonds. The average Bonchev–Trinajstić information content (AvgIpc) is 2.03. The van der Waals surface area contributed by atoms with E-state index in [0.29, 0.717) is 13.2 Å². The Morgan fingerprint density at radius 1 is 1.50 bits per heavy atom. The third-order valence-corrected chi connectivity index (χ3v) is 1.05. The van der Waals surface area contributed by atoms with Crippen LogP contribution in [0.4, 0.5) is 4.79 Å². The van der Waals surface area contributed by atoms with E-state index in [1.165, 1.54) is 4.90 Å². The van der Waals surface area contributed by atoms with Gasteiger partial charge in [0.1, 0.15) is 6.61 Å². The van der Waals surface area contributed by atoms with Crippen LogP contribution in [-0.4, -0.2) is 44.9 Å². The van der Waals surface area contributed by atoms with Gasteiger partial charge in [-0.2, -0.15) is 0 Å². The molecular weight excluding hydrogens is 158 g/mol. The van der Waals surface area contributed by atoms with E-state index < -0.39 is 0 Å². The predicted molar refractivity (Wildman–Crippen MR) is 46.1 cm³/mol. The fraction of sp³-hybridized carbons (Fsp3) is 0.625. The first-order valence-corrected chi connectivity index (χ1v) is 3.71. The Hall–Kier alpha value is -1.03. The minimum atomic E-state index is -0.350. The molecule has 0 bridgehead atoms. The van der Waals surface area contributed by atoms with Crippen LogP contribution in [0.5, 0.6) is 0 Å². The zero-order valence-corrected chi connectivity index (χ0v) is 7.58. The zero-order valence-electron chi connectivity index (χ0n) is 7.58. The summed E-state index contributed by atoms with van der Waals surface area (Å²) in [6, 6.07) is 0. The van der Waals surface area contributed by atoms with Gasteiger partial charge in [0.15, 0.2) is 0 Å². The Bertz CT molecular complexity index is 145.